The van der Waals surface area contributed by atoms with Gasteiger partial charge in [-0.25, -0.2) is 9.48 Å². The minimum atomic E-state index is -0.562. The monoisotopic (exact) mass is 586 g/mol. The van der Waals surface area contributed by atoms with Crippen LogP contribution in [0.2, 0.25) is 0 Å². The number of halogens is 1. The standard InChI is InChI=1S/C27H31BrN4O4S/c1-6-7-12-37-27-30-26-29-17(3)22(25(33)35-5)23(32(26)31-27)19-13-20(28)24(21(14-19)34-4)36-15-18-10-8-16(2)9-11-18/h8-11,13-14,23H,6-7,12,15H2,1-5H3,(H,29,30,31). The zero-order valence-corrected chi connectivity index (χ0v) is 24.0. The molecule has 1 atom stereocenters. The van der Waals surface area contributed by atoms with Crippen molar-refractivity contribution >= 4 is 39.6 Å². The van der Waals surface area contributed by atoms with E-state index in [2.05, 4.69) is 52.2 Å². The number of fused-ring (bicyclic) bond motifs is 1. The maximum atomic E-state index is 12.9. The Labute approximate surface area is 229 Å². The molecule has 0 fully saturated rings. The second kappa shape index (κ2) is 12.0. The summed E-state index contributed by atoms with van der Waals surface area (Å²) in [5.41, 5.74) is 4.14. The molecule has 0 saturated heterocycles. The molecule has 196 valence electrons. The largest absolute Gasteiger partial charge is 0.493 e. The van der Waals surface area contributed by atoms with Crippen molar-refractivity contribution in [2.24, 2.45) is 0 Å². The van der Waals surface area contributed by atoms with Crippen LogP contribution in [0.3, 0.4) is 0 Å². The first-order valence-electron chi connectivity index (χ1n) is 12.1. The number of carbonyl (C=O) groups excluding carboxylic acids is 1. The number of anilines is 1. The minimum Gasteiger partial charge on any atom is -0.493 e. The second-order valence-corrected chi connectivity index (χ2v) is 10.6. The molecule has 0 amide bonds. The van der Waals surface area contributed by atoms with Crippen LogP contribution in [0.1, 0.15) is 49.4 Å². The smallest absolute Gasteiger partial charge is 0.338 e. The molecule has 3 aromatic rings. The molecule has 1 aliphatic heterocycles. The molecular formula is C27H31BrN4O4S. The normalized spacial score (nSPS) is 14.7. The van der Waals surface area contributed by atoms with Crippen molar-refractivity contribution in [2.45, 2.75) is 51.4 Å². The predicted octanol–water partition coefficient (Wildman–Crippen LogP) is 6.29. The topological polar surface area (TPSA) is 87.5 Å². The molecule has 2 heterocycles. The van der Waals surface area contributed by atoms with Gasteiger partial charge in [0.05, 0.1) is 24.3 Å². The Bertz CT molecular complexity index is 1310. The highest BCUT2D eigenvalue weighted by molar-refractivity contribution is 9.10. The summed E-state index contributed by atoms with van der Waals surface area (Å²) in [7, 11) is 2.97. The lowest BCUT2D eigenvalue weighted by Crippen LogP contribution is -2.29. The molecule has 0 radical (unpaired) electrons. The third-order valence-corrected chi connectivity index (χ3v) is 7.55. The molecule has 1 N–H and O–H groups in total. The van der Waals surface area contributed by atoms with Gasteiger partial charge in [-0.3, -0.25) is 0 Å². The van der Waals surface area contributed by atoms with E-state index in [1.165, 1.54) is 12.7 Å². The number of esters is 1. The lowest BCUT2D eigenvalue weighted by molar-refractivity contribution is -0.136. The highest BCUT2D eigenvalue weighted by atomic mass is 79.9. The van der Waals surface area contributed by atoms with Crippen molar-refractivity contribution in [3.05, 3.63) is 68.8 Å². The van der Waals surface area contributed by atoms with Crippen LogP contribution in [-0.4, -0.2) is 40.7 Å². The van der Waals surface area contributed by atoms with E-state index in [4.69, 9.17) is 19.3 Å². The average molecular weight is 588 g/mol. The van der Waals surface area contributed by atoms with Crippen LogP contribution in [0.15, 0.2) is 57.3 Å². The Morgan fingerprint density at radius 3 is 2.62 bits per heavy atom. The van der Waals surface area contributed by atoms with Crippen LogP contribution in [-0.2, 0) is 16.1 Å². The number of benzene rings is 2. The highest BCUT2D eigenvalue weighted by Crippen LogP contribution is 2.43. The number of nitrogens with one attached hydrogen (secondary N) is 1. The van der Waals surface area contributed by atoms with Crippen molar-refractivity contribution in [3.8, 4) is 11.5 Å². The maximum absolute atomic E-state index is 12.9. The summed E-state index contributed by atoms with van der Waals surface area (Å²) in [4.78, 5) is 17.6. The number of rotatable bonds is 10. The molecule has 1 aliphatic rings. The van der Waals surface area contributed by atoms with Crippen molar-refractivity contribution in [1.29, 1.82) is 0 Å². The summed E-state index contributed by atoms with van der Waals surface area (Å²) in [5, 5.41) is 8.63. The van der Waals surface area contributed by atoms with Crippen LogP contribution in [0.4, 0.5) is 5.95 Å². The molecule has 0 spiro atoms. The summed E-state index contributed by atoms with van der Waals surface area (Å²) >= 11 is 5.26. The summed E-state index contributed by atoms with van der Waals surface area (Å²) < 4.78 is 19.5. The van der Waals surface area contributed by atoms with E-state index < -0.39 is 12.0 Å². The second-order valence-electron chi connectivity index (χ2n) is 8.73. The third kappa shape index (κ3) is 5.96. The molecule has 8 nitrogen and oxygen atoms in total. The van der Waals surface area contributed by atoms with Crippen LogP contribution in [0, 0.1) is 6.92 Å². The Morgan fingerprint density at radius 2 is 1.95 bits per heavy atom. The van der Waals surface area contributed by atoms with Gasteiger partial charge in [-0.05, 0) is 59.5 Å². The average Bonchev–Trinajstić information content (AvgIpc) is 3.29. The van der Waals surface area contributed by atoms with Gasteiger partial charge in [0.15, 0.2) is 11.5 Å². The van der Waals surface area contributed by atoms with Gasteiger partial charge in [0.1, 0.15) is 12.6 Å². The van der Waals surface area contributed by atoms with Crippen molar-refractivity contribution in [3.63, 3.8) is 0 Å². The molecule has 10 heteroatoms. The third-order valence-electron chi connectivity index (χ3n) is 6.04. The Balaban J connectivity index is 1.72. The fourth-order valence-corrected chi connectivity index (χ4v) is 5.55. The lowest BCUT2D eigenvalue weighted by Gasteiger charge is -2.28. The fourth-order valence-electron chi connectivity index (χ4n) is 4.06. The van der Waals surface area contributed by atoms with E-state index in [0.717, 1.165) is 29.7 Å². The van der Waals surface area contributed by atoms with Crippen LogP contribution < -0.4 is 14.8 Å². The van der Waals surface area contributed by atoms with Gasteiger partial charge in [0.2, 0.25) is 11.1 Å². The van der Waals surface area contributed by atoms with Gasteiger partial charge in [-0.1, -0.05) is 54.9 Å². The number of methoxy groups -OCH3 is 2. The quantitative estimate of drug-likeness (QED) is 0.168. The minimum absolute atomic E-state index is 0.389. The molecule has 0 bridgehead atoms. The Morgan fingerprint density at radius 1 is 1.19 bits per heavy atom. The Hall–Kier alpha value is -2.98. The summed E-state index contributed by atoms with van der Waals surface area (Å²) in [5.74, 6) is 2.18. The van der Waals surface area contributed by atoms with Crippen molar-refractivity contribution in [2.75, 3.05) is 25.3 Å². The fraction of sp³-hybridized carbons (Fsp3) is 0.370. The van der Waals surface area contributed by atoms with Crippen molar-refractivity contribution in [1.82, 2.24) is 14.8 Å². The van der Waals surface area contributed by atoms with Crippen molar-refractivity contribution < 1.29 is 19.0 Å². The van der Waals surface area contributed by atoms with Crippen LogP contribution in [0.5, 0.6) is 11.5 Å². The summed E-state index contributed by atoms with van der Waals surface area (Å²) in [6.07, 6.45) is 2.17. The van der Waals surface area contributed by atoms with Gasteiger partial charge in [-0.2, -0.15) is 4.98 Å². The predicted molar refractivity (Wildman–Crippen MR) is 148 cm³/mol. The summed E-state index contributed by atoms with van der Waals surface area (Å²) in [6, 6.07) is 11.4. The van der Waals surface area contributed by atoms with E-state index in [9.17, 15) is 4.79 Å². The molecule has 0 aliphatic carbocycles. The molecule has 2 aromatic carbocycles. The SMILES string of the molecule is CCCCSc1nc2n(n1)C(c1cc(Br)c(OCc3ccc(C)cc3)c(OC)c1)C(C(=O)OC)=C(C)N2. The van der Waals surface area contributed by atoms with E-state index in [-0.39, 0.29) is 0 Å². The zero-order chi connectivity index (χ0) is 26.5. The number of hydrogen-bond acceptors (Lipinski definition) is 8. The van der Waals surface area contributed by atoms with Crippen LogP contribution in [0.25, 0.3) is 0 Å². The number of unbranched alkanes of at least 4 members (excludes halogenated alkanes) is 1. The van der Waals surface area contributed by atoms with E-state index >= 15 is 0 Å². The number of aromatic nitrogens is 3. The van der Waals surface area contributed by atoms with Gasteiger partial charge in [0, 0.05) is 11.4 Å². The van der Waals surface area contributed by atoms with Crippen LogP contribution >= 0.6 is 27.7 Å². The molecule has 37 heavy (non-hydrogen) atoms. The maximum Gasteiger partial charge on any atom is 0.338 e. The molecule has 1 unspecified atom stereocenters. The van der Waals surface area contributed by atoms with E-state index in [0.29, 0.717) is 45.0 Å². The van der Waals surface area contributed by atoms with Gasteiger partial charge >= 0.3 is 5.97 Å². The van der Waals surface area contributed by atoms with E-state index in [1.54, 1.807) is 23.6 Å². The zero-order valence-electron chi connectivity index (χ0n) is 21.6. The first-order valence-corrected chi connectivity index (χ1v) is 13.8. The number of nitrogens with zero attached hydrogens (tertiary/aromatic N) is 3. The van der Waals surface area contributed by atoms with Gasteiger partial charge < -0.3 is 19.5 Å². The number of carbonyl (C=O) groups is 1. The summed E-state index contributed by atoms with van der Waals surface area (Å²) in [6.45, 7) is 6.43. The molecular weight excluding hydrogens is 556 g/mol. The molecule has 0 saturated carbocycles. The Kier molecular flexibility index (Phi) is 8.81. The number of allylic oxidation sites excluding steroid dienone is 1. The number of ether oxygens (including phenoxy) is 3. The first kappa shape index (κ1) is 27.1. The molecule has 4 rings (SSSR count). The van der Waals surface area contributed by atoms with Gasteiger partial charge in [0.25, 0.3) is 0 Å². The van der Waals surface area contributed by atoms with E-state index in [1.807, 2.05) is 31.2 Å². The van der Waals surface area contributed by atoms with Gasteiger partial charge in [-0.15, -0.1) is 5.10 Å². The highest BCUT2D eigenvalue weighted by Gasteiger charge is 2.36. The number of thioether (sulfide) groups is 1. The number of aryl methyl sites for hydroxylation is 1. The lowest BCUT2D eigenvalue weighted by atomic mass is 9.95. The number of hydrogen-bond donors (Lipinski definition) is 1. The first-order chi connectivity index (χ1) is 17.9. The molecule has 1 aromatic heterocycles.